The van der Waals surface area contributed by atoms with E-state index in [1.54, 1.807) is 6.08 Å². The second kappa shape index (κ2) is 5.59. The standard InChI is InChI=1S/C14H25NO3Si/c1-7-10-15-12(16)9-8-11(13(15)17)18-19(5,6)14(2,3)4/h7,11H,1,8-10H2,2-6H3/t11-/m0/s1. The largest absolute Gasteiger partial charge is 0.405 e. The third-order valence-electron chi connectivity index (χ3n) is 4.02. The molecule has 0 aromatic carbocycles. The second-order valence-corrected chi connectivity index (χ2v) is 11.3. The second-order valence-electron chi connectivity index (χ2n) is 6.54. The Morgan fingerprint density at radius 1 is 1.42 bits per heavy atom. The Morgan fingerprint density at radius 3 is 2.47 bits per heavy atom. The van der Waals surface area contributed by atoms with Gasteiger partial charge in [-0.3, -0.25) is 14.5 Å². The molecule has 0 bridgehead atoms. The van der Waals surface area contributed by atoms with Crippen molar-refractivity contribution in [3.63, 3.8) is 0 Å². The fourth-order valence-electron chi connectivity index (χ4n) is 1.77. The zero-order valence-electron chi connectivity index (χ0n) is 12.7. The number of carbonyl (C=O) groups is 2. The van der Waals surface area contributed by atoms with Gasteiger partial charge in [0.1, 0.15) is 6.10 Å². The van der Waals surface area contributed by atoms with E-state index < -0.39 is 14.4 Å². The molecule has 1 heterocycles. The summed E-state index contributed by atoms with van der Waals surface area (Å²) in [6, 6.07) is 0. The molecule has 1 rings (SSSR count). The molecular formula is C14H25NO3Si. The van der Waals surface area contributed by atoms with Gasteiger partial charge < -0.3 is 4.43 Å². The van der Waals surface area contributed by atoms with Gasteiger partial charge in [0.2, 0.25) is 5.91 Å². The van der Waals surface area contributed by atoms with E-state index in [2.05, 4.69) is 40.4 Å². The van der Waals surface area contributed by atoms with E-state index in [9.17, 15) is 9.59 Å². The van der Waals surface area contributed by atoms with Crippen molar-refractivity contribution in [2.45, 2.75) is 57.8 Å². The van der Waals surface area contributed by atoms with Crippen molar-refractivity contribution in [2.75, 3.05) is 6.54 Å². The molecular weight excluding hydrogens is 258 g/mol. The first-order valence-electron chi connectivity index (χ1n) is 6.73. The van der Waals surface area contributed by atoms with E-state index >= 15 is 0 Å². The van der Waals surface area contributed by atoms with Crippen molar-refractivity contribution in [3.05, 3.63) is 12.7 Å². The van der Waals surface area contributed by atoms with E-state index in [0.717, 1.165) is 0 Å². The molecule has 0 aromatic rings. The Balaban J connectivity index is 2.83. The summed E-state index contributed by atoms with van der Waals surface area (Å²) in [6.45, 7) is 14.5. The molecule has 1 atom stereocenters. The molecule has 19 heavy (non-hydrogen) atoms. The van der Waals surface area contributed by atoms with Gasteiger partial charge in [0.15, 0.2) is 8.32 Å². The minimum Gasteiger partial charge on any atom is -0.405 e. The Labute approximate surface area is 116 Å². The molecule has 0 spiro atoms. The van der Waals surface area contributed by atoms with E-state index in [0.29, 0.717) is 12.8 Å². The molecule has 1 fully saturated rings. The highest BCUT2D eigenvalue weighted by molar-refractivity contribution is 6.74. The molecule has 1 aliphatic rings. The van der Waals surface area contributed by atoms with Gasteiger partial charge in [-0.15, -0.1) is 6.58 Å². The van der Waals surface area contributed by atoms with Crippen molar-refractivity contribution < 1.29 is 14.0 Å². The summed E-state index contributed by atoms with van der Waals surface area (Å²) in [5, 5.41) is 0.0536. The van der Waals surface area contributed by atoms with E-state index in [4.69, 9.17) is 4.43 Å². The lowest BCUT2D eigenvalue weighted by atomic mass is 10.1. The lowest BCUT2D eigenvalue weighted by Gasteiger charge is -2.41. The molecule has 0 N–H and O–H groups in total. The summed E-state index contributed by atoms with van der Waals surface area (Å²) in [5.41, 5.74) is 0. The molecule has 2 amide bonds. The third-order valence-corrected chi connectivity index (χ3v) is 8.50. The molecule has 5 heteroatoms. The summed E-state index contributed by atoms with van der Waals surface area (Å²) in [6.07, 6.45) is 1.97. The van der Waals surface area contributed by atoms with Crippen LogP contribution in [0.15, 0.2) is 12.7 Å². The molecule has 1 aliphatic heterocycles. The predicted molar refractivity (Wildman–Crippen MR) is 78.2 cm³/mol. The lowest BCUT2D eigenvalue weighted by Crippen LogP contribution is -2.53. The summed E-state index contributed by atoms with van der Waals surface area (Å²) in [4.78, 5) is 25.3. The normalized spacial score (nSPS) is 21.7. The summed E-state index contributed by atoms with van der Waals surface area (Å²) >= 11 is 0. The van der Waals surface area contributed by atoms with Crippen LogP contribution in [0, 0.1) is 0 Å². The number of likely N-dealkylation sites (tertiary alicyclic amines) is 1. The third kappa shape index (κ3) is 3.54. The fraction of sp³-hybridized carbons (Fsp3) is 0.714. The van der Waals surface area contributed by atoms with Crippen LogP contribution in [0.4, 0.5) is 0 Å². The van der Waals surface area contributed by atoms with Gasteiger partial charge in [-0.2, -0.15) is 0 Å². The number of piperidine rings is 1. The number of hydrogen-bond acceptors (Lipinski definition) is 3. The first-order valence-corrected chi connectivity index (χ1v) is 9.64. The molecule has 0 aromatic heterocycles. The van der Waals surface area contributed by atoms with Gasteiger partial charge in [-0.25, -0.2) is 0 Å². The van der Waals surface area contributed by atoms with Gasteiger partial charge in [-0.05, 0) is 24.6 Å². The lowest BCUT2D eigenvalue weighted by molar-refractivity contribution is -0.154. The Bertz CT molecular complexity index is 385. The van der Waals surface area contributed by atoms with Crippen LogP contribution in [-0.2, 0) is 14.0 Å². The van der Waals surface area contributed by atoms with Crippen LogP contribution in [0.25, 0.3) is 0 Å². The first-order chi connectivity index (χ1) is 8.60. The Kier molecular flexibility index (Phi) is 4.74. The maximum absolute atomic E-state index is 12.3. The van der Waals surface area contributed by atoms with Crippen LogP contribution in [0.1, 0.15) is 33.6 Å². The van der Waals surface area contributed by atoms with E-state index in [1.165, 1.54) is 4.90 Å². The predicted octanol–water partition coefficient (Wildman–Crippen LogP) is 2.71. The highest BCUT2D eigenvalue weighted by Crippen LogP contribution is 2.38. The van der Waals surface area contributed by atoms with Crippen molar-refractivity contribution in [1.82, 2.24) is 4.90 Å². The highest BCUT2D eigenvalue weighted by atomic mass is 28.4. The Hall–Kier alpha value is -0.943. The molecule has 1 saturated heterocycles. The van der Waals surface area contributed by atoms with Crippen molar-refractivity contribution in [1.29, 1.82) is 0 Å². The number of nitrogens with zero attached hydrogens (tertiary/aromatic N) is 1. The van der Waals surface area contributed by atoms with Gasteiger partial charge in [0, 0.05) is 13.0 Å². The maximum Gasteiger partial charge on any atom is 0.257 e. The molecule has 108 valence electrons. The zero-order chi connectivity index (χ0) is 14.8. The molecule has 0 unspecified atom stereocenters. The van der Waals surface area contributed by atoms with Crippen LogP contribution in [-0.4, -0.2) is 37.7 Å². The first kappa shape index (κ1) is 16.1. The number of rotatable bonds is 4. The van der Waals surface area contributed by atoms with Crippen molar-refractivity contribution in [2.24, 2.45) is 0 Å². The Morgan fingerprint density at radius 2 is 2.00 bits per heavy atom. The minimum absolute atomic E-state index is 0.0536. The highest BCUT2D eigenvalue weighted by Gasteiger charge is 2.43. The average Bonchev–Trinajstić information content (AvgIpc) is 2.26. The monoisotopic (exact) mass is 283 g/mol. The van der Waals surface area contributed by atoms with Crippen molar-refractivity contribution in [3.8, 4) is 0 Å². The molecule has 0 aliphatic carbocycles. The van der Waals surface area contributed by atoms with Gasteiger partial charge in [-0.1, -0.05) is 26.8 Å². The summed E-state index contributed by atoms with van der Waals surface area (Å²) in [7, 11) is -1.99. The molecule has 0 radical (unpaired) electrons. The minimum atomic E-state index is -1.99. The van der Waals surface area contributed by atoms with Crippen molar-refractivity contribution >= 4 is 20.1 Å². The average molecular weight is 283 g/mol. The number of carbonyl (C=O) groups excluding carboxylic acids is 2. The summed E-state index contributed by atoms with van der Waals surface area (Å²) < 4.78 is 6.14. The SMILES string of the molecule is C=CCN1C(=O)CC[C@H](O[Si](C)(C)C(C)(C)C)C1=O. The van der Waals surface area contributed by atoms with Crippen LogP contribution < -0.4 is 0 Å². The molecule has 4 nitrogen and oxygen atoms in total. The van der Waals surface area contributed by atoms with Gasteiger partial charge >= 0.3 is 0 Å². The van der Waals surface area contributed by atoms with Gasteiger partial charge in [0.25, 0.3) is 5.91 Å². The van der Waals surface area contributed by atoms with Gasteiger partial charge in [0.05, 0.1) is 0 Å². The quantitative estimate of drug-likeness (QED) is 0.453. The van der Waals surface area contributed by atoms with Crippen LogP contribution in [0.3, 0.4) is 0 Å². The van der Waals surface area contributed by atoms with Crippen LogP contribution >= 0.6 is 0 Å². The van der Waals surface area contributed by atoms with Crippen LogP contribution in [0.5, 0.6) is 0 Å². The van der Waals surface area contributed by atoms with E-state index in [-0.39, 0.29) is 23.4 Å². The van der Waals surface area contributed by atoms with Crippen LogP contribution in [0.2, 0.25) is 18.1 Å². The topological polar surface area (TPSA) is 46.6 Å². The number of hydrogen-bond donors (Lipinski definition) is 0. The smallest absolute Gasteiger partial charge is 0.257 e. The fourth-order valence-corrected chi connectivity index (χ4v) is 3.06. The van der Waals surface area contributed by atoms with E-state index in [1.807, 2.05) is 0 Å². The number of imide groups is 1. The maximum atomic E-state index is 12.3. The molecule has 0 saturated carbocycles. The summed E-state index contributed by atoms with van der Waals surface area (Å²) in [5.74, 6) is -0.332. The zero-order valence-corrected chi connectivity index (χ0v) is 13.7. The number of amides is 2.